The normalized spacial score (nSPS) is 11.9. The molecule has 4 rings (SSSR count). The van der Waals surface area contributed by atoms with Crippen LogP contribution in [0.4, 0.5) is 5.69 Å². The van der Waals surface area contributed by atoms with Crippen molar-refractivity contribution in [1.29, 1.82) is 0 Å². The number of rotatable bonds is 5. The van der Waals surface area contributed by atoms with E-state index >= 15 is 0 Å². The van der Waals surface area contributed by atoms with Crippen LogP contribution in [0, 0.1) is 6.92 Å². The second-order valence-electron chi connectivity index (χ2n) is 7.07. The Labute approximate surface area is 181 Å². The van der Waals surface area contributed by atoms with E-state index in [1.807, 2.05) is 37.3 Å². The molecule has 0 unspecified atom stereocenters. The first-order valence-electron chi connectivity index (χ1n) is 9.54. The van der Waals surface area contributed by atoms with Crippen molar-refractivity contribution in [3.05, 3.63) is 101 Å². The van der Waals surface area contributed by atoms with E-state index in [4.69, 9.17) is 23.8 Å². The van der Waals surface area contributed by atoms with Gasteiger partial charge < -0.3 is 15.6 Å². The molecule has 1 atom stereocenters. The number of para-hydroxylation sites is 1. The number of benzene rings is 3. The Kier molecular flexibility index (Phi) is 5.84. The number of anilines is 1. The van der Waals surface area contributed by atoms with Crippen LogP contribution in [0.25, 0.3) is 10.9 Å². The summed E-state index contributed by atoms with van der Waals surface area (Å²) in [5.41, 5.74) is 5.54. The summed E-state index contributed by atoms with van der Waals surface area (Å²) in [6.07, 6.45) is 2.09. The molecule has 0 saturated carbocycles. The number of aromatic amines is 1. The second-order valence-corrected chi connectivity index (χ2v) is 7.89. The minimum atomic E-state index is 0.153. The topological polar surface area (TPSA) is 39.8 Å². The number of fused-ring (bicyclic) bond motifs is 1. The Morgan fingerprint density at radius 3 is 2.59 bits per heavy atom. The van der Waals surface area contributed by atoms with Crippen LogP contribution in [0.5, 0.6) is 0 Å². The maximum absolute atomic E-state index is 6.32. The molecule has 1 aromatic heterocycles. The Bertz CT molecular complexity index is 1140. The number of halogens is 1. The van der Waals surface area contributed by atoms with Crippen molar-refractivity contribution in [1.82, 2.24) is 10.3 Å². The monoisotopic (exact) mass is 419 g/mol. The van der Waals surface area contributed by atoms with Gasteiger partial charge >= 0.3 is 0 Å². The average Bonchev–Trinajstić information content (AvgIpc) is 3.15. The molecule has 0 fully saturated rings. The van der Waals surface area contributed by atoms with E-state index < -0.39 is 0 Å². The average molecular weight is 420 g/mol. The van der Waals surface area contributed by atoms with Crippen LogP contribution in [0.2, 0.25) is 5.02 Å². The molecule has 0 aliphatic carbocycles. The summed E-state index contributed by atoms with van der Waals surface area (Å²) in [4.78, 5) is 3.38. The summed E-state index contributed by atoms with van der Waals surface area (Å²) in [5.74, 6) is 0.153. The zero-order chi connectivity index (χ0) is 20.2. The van der Waals surface area contributed by atoms with Gasteiger partial charge in [0, 0.05) is 29.6 Å². The molecule has 0 aliphatic rings. The number of thiocarbonyl (C=S) groups is 1. The third-order valence-corrected chi connectivity index (χ3v) is 5.60. The summed E-state index contributed by atoms with van der Waals surface area (Å²) in [6.45, 7) is 2.68. The van der Waals surface area contributed by atoms with Gasteiger partial charge in [-0.15, -0.1) is 0 Å². The fourth-order valence-electron chi connectivity index (χ4n) is 3.56. The maximum atomic E-state index is 6.32. The maximum Gasteiger partial charge on any atom is 0.170 e. The summed E-state index contributed by atoms with van der Waals surface area (Å²) < 4.78 is 0. The lowest BCUT2D eigenvalue weighted by Gasteiger charge is -2.20. The Morgan fingerprint density at radius 1 is 1.03 bits per heavy atom. The van der Waals surface area contributed by atoms with Crippen molar-refractivity contribution in [2.75, 3.05) is 11.9 Å². The number of nitrogens with one attached hydrogen (secondary N) is 3. The summed E-state index contributed by atoms with van der Waals surface area (Å²) in [6, 6.07) is 24.7. The summed E-state index contributed by atoms with van der Waals surface area (Å²) >= 11 is 11.9. The quantitative estimate of drug-likeness (QED) is 0.335. The lowest BCUT2D eigenvalue weighted by atomic mass is 9.91. The van der Waals surface area contributed by atoms with Crippen molar-refractivity contribution in [2.24, 2.45) is 0 Å². The third-order valence-electron chi connectivity index (χ3n) is 5.04. The highest BCUT2D eigenvalue weighted by molar-refractivity contribution is 7.80. The molecule has 5 heteroatoms. The number of hydrogen-bond donors (Lipinski definition) is 3. The van der Waals surface area contributed by atoms with E-state index in [1.54, 1.807) is 0 Å². The number of hydrogen-bond acceptors (Lipinski definition) is 1. The lowest BCUT2D eigenvalue weighted by molar-refractivity contribution is 0.766. The first-order chi connectivity index (χ1) is 14.1. The van der Waals surface area contributed by atoms with E-state index in [0.717, 1.165) is 16.8 Å². The Hall–Kier alpha value is -2.82. The van der Waals surface area contributed by atoms with Crippen molar-refractivity contribution >= 4 is 45.5 Å². The van der Waals surface area contributed by atoms with Crippen LogP contribution >= 0.6 is 23.8 Å². The second kappa shape index (κ2) is 8.68. The van der Waals surface area contributed by atoms with Crippen LogP contribution in [0.1, 0.15) is 22.6 Å². The number of H-pyrrole nitrogens is 1. The van der Waals surface area contributed by atoms with E-state index in [1.165, 1.54) is 16.5 Å². The molecule has 0 spiro atoms. The SMILES string of the molecule is Cc1ccc(NC(=S)NC[C@@H](c2ccccc2)c2c[nH]c3ccccc23)c(Cl)c1. The highest BCUT2D eigenvalue weighted by Gasteiger charge is 2.18. The molecule has 146 valence electrons. The van der Waals surface area contributed by atoms with Gasteiger partial charge in [0.15, 0.2) is 5.11 Å². The van der Waals surface area contributed by atoms with Gasteiger partial charge in [0.05, 0.1) is 10.7 Å². The number of aryl methyl sites for hydroxylation is 1. The minimum absolute atomic E-state index is 0.153. The fourth-order valence-corrected chi connectivity index (χ4v) is 4.03. The van der Waals surface area contributed by atoms with Crippen molar-refractivity contribution in [2.45, 2.75) is 12.8 Å². The minimum Gasteiger partial charge on any atom is -0.361 e. The Balaban J connectivity index is 1.55. The molecule has 4 aromatic rings. The van der Waals surface area contributed by atoms with E-state index in [-0.39, 0.29) is 5.92 Å². The Morgan fingerprint density at radius 2 is 1.79 bits per heavy atom. The van der Waals surface area contributed by atoms with Gasteiger partial charge in [0.25, 0.3) is 0 Å². The molecule has 29 heavy (non-hydrogen) atoms. The largest absolute Gasteiger partial charge is 0.361 e. The van der Waals surface area contributed by atoms with Crippen LogP contribution in [-0.4, -0.2) is 16.6 Å². The smallest absolute Gasteiger partial charge is 0.170 e. The lowest BCUT2D eigenvalue weighted by Crippen LogP contribution is -2.32. The van der Waals surface area contributed by atoms with E-state index in [9.17, 15) is 0 Å². The van der Waals surface area contributed by atoms with Crippen LogP contribution in [0.3, 0.4) is 0 Å². The van der Waals surface area contributed by atoms with Crippen LogP contribution in [-0.2, 0) is 0 Å². The van der Waals surface area contributed by atoms with Crippen LogP contribution in [0.15, 0.2) is 79.0 Å². The van der Waals surface area contributed by atoms with Gasteiger partial charge in [-0.05, 0) is 54.0 Å². The molecule has 3 N–H and O–H groups in total. The van der Waals surface area contributed by atoms with E-state index in [2.05, 4.69) is 64.3 Å². The first-order valence-corrected chi connectivity index (χ1v) is 10.3. The zero-order valence-electron chi connectivity index (χ0n) is 16.1. The van der Waals surface area contributed by atoms with Gasteiger partial charge in [-0.3, -0.25) is 0 Å². The van der Waals surface area contributed by atoms with Crippen molar-refractivity contribution < 1.29 is 0 Å². The first kappa shape index (κ1) is 19.5. The number of aromatic nitrogens is 1. The standard InChI is InChI=1S/C24H22ClN3S/c1-16-11-12-23(21(25)13-16)28-24(29)27-14-19(17-7-3-2-4-8-17)20-15-26-22-10-6-5-9-18(20)22/h2-13,15,19,26H,14H2,1H3,(H2,27,28,29)/t19-/m0/s1. The molecule has 3 nitrogen and oxygen atoms in total. The highest BCUT2D eigenvalue weighted by atomic mass is 35.5. The molecule has 3 aromatic carbocycles. The van der Waals surface area contributed by atoms with Crippen molar-refractivity contribution in [3.63, 3.8) is 0 Å². The molecule has 0 bridgehead atoms. The van der Waals surface area contributed by atoms with E-state index in [0.29, 0.717) is 16.7 Å². The van der Waals surface area contributed by atoms with Gasteiger partial charge in [0.2, 0.25) is 0 Å². The van der Waals surface area contributed by atoms with Crippen LogP contribution < -0.4 is 10.6 Å². The molecule has 0 radical (unpaired) electrons. The third kappa shape index (κ3) is 4.44. The van der Waals surface area contributed by atoms with Gasteiger partial charge in [-0.25, -0.2) is 0 Å². The zero-order valence-corrected chi connectivity index (χ0v) is 17.6. The summed E-state index contributed by atoms with van der Waals surface area (Å²) in [7, 11) is 0. The predicted molar refractivity (Wildman–Crippen MR) is 127 cm³/mol. The fraction of sp³-hybridized carbons (Fsp3) is 0.125. The van der Waals surface area contributed by atoms with Gasteiger partial charge in [-0.2, -0.15) is 0 Å². The molecule has 0 aliphatic heterocycles. The molecule has 0 saturated heterocycles. The molecular formula is C24H22ClN3S. The van der Waals surface area contributed by atoms with Crippen molar-refractivity contribution in [3.8, 4) is 0 Å². The summed E-state index contributed by atoms with van der Waals surface area (Å²) in [5, 5.41) is 9.02. The molecule has 0 amide bonds. The highest BCUT2D eigenvalue weighted by Crippen LogP contribution is 2.30. The van der Waals surface area contributed by atoms with Gasteiger partial charge in [0.1, 0.15) is 0 Å². The molecule has 1 heterocycles. The van der Waals surface area contributed by atoms with Gasteiger partial charge in [-0.1, -0.05) is 66.2 Å². The predicted octanol–water partition coefficient (Wildman–Crippen LogP) is 6.25. The molecular weight excluding hydrogens is 398 g/mol.